The van der Waals surface area contributed by atoms with Crippen LogP contribution in [0.2, 0.25) is 0 Å². The van der Waals surface area contributed by atoms with Crippen LogP contribution in [0.25, 0.3) is 4.91 Å². The molecule has 0 radical (unpaired) electrons. The lowest BCUT2D eigenvalue weighted by Gasteiger charge is -2.49. The van der Waals surface area contributed by atoms with E-state index in [-0.39, 0.29) is 12.6 Å². The second kappa shape index (κ2) is 10.8. The Kier molecular flexibility index (Phi) is 7.34. The van der Waals surface area contributed by atoms with Gasteiger partial charge in [-0.3, -0.25) is 9.69 Å². The summed E-state index contributed by atoms with van der Waals surface area (Å²) in [6.45, 7) is 3.07. The van der Waals surface area contributed by atoms with Gasteiger partial charge in [0.2, 0.25) is 11.8 Å². The van der Waals surface area contributed by atoms with Gasteiger partial charge in [-0.1, -0.05) is 30.0 Å². The molecule has 1 aromatic heterocycles. The number of halogens is 2. The van der Waals surface area contributed by atoms with Crippen LogP contribution in [0.1, 0.15) is 50.2 Å². The number of para-hydroxylation sites is 1. The van der Waals surface area contributed by atoms with Crippen LogP contribution in [-0.2, 0) is 14.3 Å². The Labute approximate surface area is 234 Å². The summed E-state index contributed by atoms with van der Waals surface area (Å²) in [5.74, 6) is -3.10. The number of alkyl halides is 2. The Hall–Kier alpha value is -2.96. The number of urea groups is 1. The number of hydrogen-bond acceptors (Lipinski definition) is 8. The van der Waals surface area contributed by atoms with Crippen molar-refractivity contribution in [2.75, 3.05) is 26.9 Å². The van der Waals surface area contributed by atoms with Crippen molar-refractivity contribution in [1.82, 2.24) is 14.8 Å². The number of nitrogens with zero attached hydrogens (tertiary/aromatic N) is 3. The molecule has 214 valence electrons. The summed E-state index contributed by atoms with van der Waals surface area (Å²) < 4.78 is 51.1. The third-order valence-electron chi connectivity index (χ3n) is 8.04. The molecule has 3 atom stereocenters. The average Bonchev–Trinajstić information content (AvgIpc) is 3.58. The first kappa shape index (κ1) is 27.2. The van der Waals surface area contributed by atoms with Gasteiger partial charge >= 0.3 is 6.03 Å². The maximum atomic E-state index is 14.0. The smallest absolute Gasteiger partial charge is 0.328 e. The summed E-state index contributed by atoms with van der Waals surface area (Å²) in [5, 5.41) is -0.603. The number of carbonyl (C=O) groups is 2. The van der Waals surface area contributed by atoms with E-state index in [1.54, 1.807) is 12.0 Å². The number of aromatic nitrogens is 1. The van der Waals surface area contributed by atoms with Gasteiger partial charge in [-0.2, -0.15) is 0 Å². The zero-order chi connectivity index (χ0) is 28.0. The Balaban J connectivity index is 1.37. The van der Waals surface area contributed by atoms with E-state index in [9.17, 15) is 18.4 Å². The second-order valence-corrected chi connectivity index (χ2v) is 11.7. The largest absolute Gasteiger partial charge is 0.496 e. The van der Waals surface area contributed by atoms with Crippen molar-refractivity contribution in [3.05, 3.63) is 53.8 Å². The van der Waals surface area contributed by atoms with Crippen LogP contribution in [0.5, 0.6) is 5.75 Å². The number of ether oxygens (including phenoxy) is 3. The number of hydrogen-bond donors (Lipinski definition) is 0. The standard InChI is InChI=1S/C28H31F2N3O6S/c1-16-22-25(34)33(17-13-28(29,30)14-17)27(35)32(26(22)40-23(16)24-31-9-12-38-24)15-21(39-18-7-10-37-11-8-18)19-5-3-4-6-20(19)36-2/h3-6,9,12,17-18,21-22,26H,7-8,10-11,13-15H2,1-2H3. The molecule has 12 heteroatoms. The van der Waals surface area contributed by atoms with Crippen LogP contribution in [0.4, 0.5) is 13.6 Å². The quantitative estimate of drug-likeness (QED) is 0.429. The first-order valence-corrected chi connectivity index (χ1v) is 14.3. The number of imide groups is 1. The van der Waals surface area contributed by atoms with E-state index < -0.39 is 54.1 Å². The van der Waals surface area contributed by atoms with E-state index in [0.717, 1.165) is 10.5 Å². The van der Waals surface area contributed by atoms with Crippen LogP contribution in [0.15, 0.2) is 46.7 Å². The van der Waals surface area contributed by atoms with Crippen LogP contribution in [0, 0.1) is 5.92 Å². The fourth-order valence-electron chi connectivity index (χ4n) is 5.93. The van der Waals surface area contributed by atoms with Crippen molar-refractivity contribution in [3.63, 3.8) is 0 Å². The van der Waals surface area contributed by atoms with Gasteiger partial charge in [-0.05, 0) is 31.4 Å². The SMILES string of the molecule is COc1ccccc1C(CN1C(=O)N(C2CC(F)(F)C2)C(=O)C2C(C)=C(c3ncco3)SC21)OC1CCOCC1. The van der Waals surface area contributed by atoms with Gasteiger partial charge in [0.25, 0.3) is 5.92 Å². The summed E-state index contributed by atoms with van der Waals surface area (Å²) in [4.78, 5) is 35.4. The van der Waals surface area contributed by atoms with E-state index in [1.807, 2.05) is 31.2 Å². The summed E-state index contributed by atoms with van der Waals surface area (Å²) in [6.07, 6.45) is 2.62. The molecule has 3 aliphatic heterocycles. The van der Waals surface area contributed by atoms with Crippen LogP contribution in [0.3, 0.4) is 0 Å². The van der Waals surface area contributed by atoms with Gasteiger partial charge in [-0.25, -0.2) is 18.6 Å². The highest BCUT2D eigenvalue weighted by molar-refractivity contribution is 8.09. The topological polar surface area (TPSA) is 94.3 Å². The maximum Gasteiger partial charge on any atom is 0.328 e. The molecule has 0 bridgehead atoms. The summed E-state index contributed by atoms with van der Waals surface area (Å²) in [7, 11) is 1.58. The Morgan fingerprint density at radius 2 is 1.95 bits per heavy atom. The lowest BCUT2D eigenvalue weighted by Crippen LogP contribution is -2.66. The van der Waals surface area contributed by atoms with E-state index in [1.165, 1.54) is 24.2 Å². The van der Waals surface area contributed by atoms with Crippen molar-refractivity contribution in [2.24, 2.45) is 5.92 Å². The molecule has 4 aliphatic rings. The summed E-state index contributed by atoms with van der Waals surface area (Å²) in [5.41, 5.74) is 1.47. The third-order valence-corrected chi connectivity index (χ3v) is 9.54. The molecule has 1 saturated carbocycles. The first-order chi connectivity index (χ1) is 19.3. The predicted octanol–water partition coefficient (Wildman–Crippen LogP) is 5.10. The lowest BCUT2D eigenvalue weighted by molar-refractivity contribution is -0.155. The van der Waals surface area contributed by atoms with Crippen molar-refractivity contribution in [2.45, 2.75) is 62.2 Å². The molecule has 40 heavy (non-hydrogen) atoms. The molecule has 4 heterocycles. The molecule has 1 aliphatic carbocycles. The molecular formula is C28H31F2N3O6S. The predicted molar refractivity (Wildman–Crippen MR) is 142 cm³/mol. The molecule has 0 N–H and O–H groups in total. The van der Waals surface area contributed by atoms with Gasteiger partial charge in [0.15, 0.2) is 0 Å². The van der Waals surface area contributed by atoms with Gasteiger partial charge in [0.1, 0.15) is 18.1 Å². The highest BCUT2D eigenvalue weighted by atomic mass is 32.2. The van der Waals surface area contributed by atoms with E-state index in [2.05, 4.69) is 4.98 Å². The molecule has 2 aromatic rings. The molecule has 3 fully saturated rings. The van der Waals surface area contributed by atoms with Gasteiger partial charge in [0.05, 0.1) is 48.2 Å². The van der Waals surface area contributed by atoms with Crippen LogP contribution >= 0.6 is 11.8 Å². The van der Waals surface area contributed by atoms with Crippen molar-refractivity contribution in [1.29, 1.82) is 0 Å². The first-order valence-electron chi connectivity index (χ1n) is 13.4. The van der Waals surface area contributed by atoms with Crippen LogP contribution in [-0.4, -0.2) is 77.0 Å². The number of methoxy groups -OCH3 is 1. The maximum absolute atomic E-state index is 14.0. The highest BCUT2D eigenvalue weighted by Crippen LogP contribution is 2.53. The normalized spacial score (nSPS) is 26.2. The number of thioether (sulfide) groups is 1. The molecule has 0 spiro atoms. The number of benzene rings is 1. The molecule has 3 unspecified atom stereocenters. The molecule has 6 rings (SSSR count). The Morgan fingerprint density at radius 3 is 2.62 bits per heavy atom. The van der Waals surface area contributed by atoms with Gasteiger partial charge in [-0.15, -0.1) is 0 Å². The number of carbonyl (C=O) groups excluding carboxylic acids is 2. The number of amides is 3. The van der Waals surface area contributed by atoms with E-state index >= 15 is 0 Å². The van der Waals surface area contributed by atoms with Crippen molar-refractivity contribution < 1.29 is 37.0 Å². The minimum atomic E-state index is -2.89. The fourth-order valence-corrected chi connectivity index (χ4v) is 7.45. The molecule has 9 nitrogen and oxygen atoms in total. The minimum Gasteiger partial charge on any atom is -0.496 e. The molecule has 1 aromatic carbocycles. The average molecular weight is 576 g/mol. The number of rotatable bonds is 8. The van der Waals surface area contributed by atoms with Gasteiger partial charge < -0.3 is 23.5 Å². The van der Waals surface area contributed by atoms with E-state index in [0.29, 0.717) is 48.2 Å². The molecular weight excluding hydrogens is 544 g/mol. The highest BCUT2D eigenvalue weighted by Gasteiger charge is 2.58. The zero-order valence-corrected chi connectivity index (χ0v) is 23.1. The minimum absolute atomic E-state index is 0.0959. The van der Waals surface area contributed by atoms with Crippen molar-refractivity contribution >= 4 is 28.6 Å². The fraction of sp³-hybridized carbons (Fsp3) is 0.536. The number of fused-ring (bicyclic) bond motifs is 1. The Morgan fingerprint density at radius 1 is 1.20 bits per heavy atom. The molecule has 2 saturated heterocycles. The van der Waals surface area contributed by atoms with Crippen LogP contribution < -0.4 is 4.74 Å². The third kappa shape index (κ3) is 4.90. The summed E-state index contributed by atoms with van der Waals surface area (Å²) >= 11 is 1.33. The summed E-state index contributed by atoms with van der Waals surface area (Å²) in [6, 6.07) is 6.02. The zero-order valence-electron chi connectivity index (χ0n) is 22.3. The lowest BCUT2D eigenvalue weighted by atomic mass is 9.84. The Bertz CT molecular complexity index is 1290. The van der Waals surface area contributed by atoms with Crippen molar-refractivity contribution in [3.8, 4) is 5.75 Å². The monoisotopic (exact) mass is 575 g/mol. The van der Waals surface area contributed by atoms with Gasteiger partial charge in [0, 0.05) is 31.6 Å². The second-order valence-electron chi connectivity index (χ2n) is 10.6. The molecule has 3 amide bonds. The number of oxazole rings is 1. The van der Waals surface area contributed by atoms with E-state index in [4.69, 9.17) is 18.6 Å².